The van der Waals surface area contributed by atoms with Crippen molar-refractivity contribution in [1.82, 2.24) is 0 Å². The Labute approximate surface area is 125 Å². The molecule has 2 aromatic carbocycles. The molecule has 0 unspecified atom stereocenters. The van der Waals surface area contributed by atoms with Crippen molar-refractivity contribution in [3.63, 3.8) is 0 Å². The molecule has 0 heterocycles. The van der Waals surface area contributed by atoms with Gasteiger partial charge in [0.1, 0.15) is 5.82 Å². The van der Waals surface area contributed by atoms with Crippen molar-refractivity contribution in [3.8, 4) is 17.2 Å². The molecule has 0 bridgehead atoms. The van der Waals surface area contributed by atoms with Crippen LogP contribution in [-0.2, 0) is 0 Å². The van der Waals surface area contributed by atoms with Crippen LogP contribution in [0, 0.1) is 5.82 Å². The van der Waals surface area contributed by atoms with Crippen LogP contribution >= 0.6 is 15.9 Å². The van der Waals surface area contributed by atoms with Crippen LogP contribution in [0.3, 0.4) is 0 Å². The zero-order chi connectivity index (χ0) is 15.6. The van der Waals surface area contributed by atoms with Crippen molar-refractivity contribution in [2.45, 2.75) is 6.36 Å². The van der Waals surface area contributed by atoms with Crippen LogP contribution < -0.4 is 15.2 Å². The summed E-state index contributed by atoms with van der Waals surface area (Å²) in [5, 5.41) is 0. The number of alkyl halides is 3. The second-order valence-corrected chi connectivity index (χ2v) is 4.76. The minimum Gasteiger partial charge on any atom is -0.451 e. The topological polar surface area (TPSA) is 44.5 Å². The van der Waals surface area contributed by atoms with E-state index >= 15 is 0 Å². The third kappa shape index (κ3) is 4.01. The van der Waals surface area contributed by atoms with E-state index in [1.807, 2.05) is 0 Å². The number of nitrogens with two attached hydrogens (primary N) is 1. The highest BCUT2D eigenvalue weighted by molar-refractivity contribution is 9.10. The van der Waals surface area contributed by atoms with Gasteiger partial charge in [0.15, 0.2) is 17.2 Å². The Hall–Kier alpha value is -1.96. The number of halogens is 5. The van der Waals surface area contributed by atoms with Gasteiger partial charge in [-0.3, -0.25) is 0 Å². The molecule has 3 nitrogen and oxygen atoms in total. The fourth-order valence-electron chi connectivity index (χ4n) is 1.49. The van der Waals surface area contributed by atoms with Gasteiger partial charge >= 0.3 is 6.36 Å². The highest BCUT2D eigenvalue weighted by Crippen LogP contribution is 2.38. The van der Waals surface area contributed by atoms with Crippen molar-refractivity contribution in [2.75, 3.05) is 5.73 Å². The van der Waals surface area contributed by atoms with Gasteiger partial charge in [-0.2, -0.15) is 0 Å². The molecule has 2 aromatic rings. The van der Waals surface area contributed by atoms with E-state index in [2.05, 4.69) is 20.7 Å². The summed E-state index contributed by atoms with van der Waals surface area (Å²) in [5.41, 5.74) is 5.69. The van der Waals surface area contributed by atoms with Gasteiger partial charge in [0.2, 0.25) is 0 Å². The summed E-state index contributed by atoms with van der Waals surface area (Å²) >= 11 is 2.94. The molecule has 0 spiro atoms. The molecular weight excluding hydrogens is 358 g/mol. The maximum atomic E-state index is 13.4. The van der Waals surface area contributed by atoms with Crippen molar-refractivity contribution >= 4 is 21.6 Å². The lowest BCUT2D eigenvalue weighted by molar-refractivity contribution is -0.275. The Morgan fingerprint density at radius 3 is 2.24 bits per heavy atom. The average molecular weight is 366 g/mol. The summed E-state index contributed by atoms with van der Waals surface area (Å²) < 4.78 is 59.5. The molecule has 0 atom stereocenters. The lowest BCUT2D eigenvalue weighted by Crippen LogP contribution is -2.17. The maximum Gasteiger partial charge on any atom is 0.573 e. The Morgan fingerprint density at radius 2 is 1.62 bits per heavy atom. The quantitative estimate of drug-likeness (QED) is 0.623. The molecule has 8 heteroatoms. The molecule has 112 valence electrons. The fourth-order valence-corrected chi connectivity index (χ4v) is 1.86. The van der Waals surface area contributed by atoms with Gasteiger partial charge in [0.05, 0.1) is 10.2 Å². The first-order valence-electron chi connectivity index (χ1n) is 5.53. The highest BCUT2D eigenvalue weighted by Gasteiger charge is 2.32. The van der Waals surface area contributed by atoms with Crippen LogP contribution in [0.15, 0.2) is 40.9 Å². The van der Waals surface area contributed by atoms with Crippen molar-refractivity contribution in [1.29, 1.82) is 0 Å². The molecule has 0 saturated carbocycles. The van der Waals surface area contributed by atoms with Gasteiger partial charge in [-0.05, 0) is 34.1 Å². The summed E-state index contributed by atoms with van der Waals surface area (Å²) in [6.07, 6.45) is -4.87. The van der Waals surface area contributed by atoms with Gasteiger partial charge in [-0.25, -0.2) is 4.39 Å². The molecule has 0 aliphatic rings. The normalized spacial score (nSPS) is 11.3. The molecule has 2 rings (SSSR count). The Kier molecular flexibility index (Phi) is 4.26. The monoisotopic (exact) mass is 365 g/mol. The maximum absolute atomic E-state index is 13.4. The zero-order valence-electron chi connectivity index (χ0n) is 10.2. The number of ether oxygens (including phenoxy) is 2. The van der Waals surface area contributed by atoms with E-state index < -0.39 is 17.9 Å². The van der Waals surface area contributed by atoms with Crippen molar-refractivity contribution < 1.29 is 27.0 Å². The first kappa shape index (κ1) is 15.4. The van der Waals surface area contributed by atoms with Gasteiger partial charge in [-0.15, -0.1) is 13.2 Å². The molecule has 0 aliphatic carbocycles. The number of para-hydroxylation sites is 2. The van der Waals surface area contributed by atoms with E-state index in [0.29, 0.717) is 0 Å². The van der Waals surface area contributed by atoms with Gasteiger partial charge in [-0.1, -0.05) is 12.1 Å². The standard InChI is InChI=1S/C13H8BrF4NO2/c14-7-5-9(19)12(6-8(7)15)20-10-3-1-2-4-11(10)21-13(16,17)18/h1-6H,19H2. The second kappa shape index (κ2) is 5.80. The third-order valence-corrected chi connectivity index (χ3v) is 2.96. The van der Waals surface area contributed by atoms with E-state index in [4.69, 9.17) is 10.5 Å². The Bertz CT molecular complexity index is 661. The number of hydrogen-bond acceptors (Lipinski definition) is 3. The molecule has 2 N–H and O–H groups in total. The first-order chi connectivity index (χ1) is 9.76. The molecule has 0 saturated heterocycles. The number of benzene rings is 2. The molecule has 0 aromatic heterocycles. The molecule has 0 aliphatic heterocycles. The summed E-state index contributed by atoms with van der Waals surface area (Å²) in [7, 11) is 0. The Morgan fingerprint density at radius 1 is 1.00 bits per heavy atom. The summed E-state index contributed by atoms with van der Waals surface area (Å²) in [5.74, 6) is -1.56. The Balaban J connectivity index is 2.34. The molecule has 0 radical (unpaired) electrons. The number of nitrogen functional groups attached to an aromatic ring is 1. The SMILES string of the molecule is Nc1cc(Br)c(F)cc1Oc1ccccc1OC(F)(F)F. The van der Waals surface area contributed by atoms with E-state index in [1.54, 1.807) is 0 Å². The molecule has 0 amide bonds. The lowest BCUT2D eigenvalue weighted by Gasteiger charge is -2.14. The van der Waals surface area contributed by atoms with Gasteiger partial charge in [0, 0.05) is 6.07 Å². The lowest BCUT2D eigenvalue weighted by atomic mass is 10.3. The van der Waals surface area contributed by atoms with E-state index in [-0.39, 0.29) is 21.7 Å². The van der Waals surface area contributed by atoms with E-state index in [1.165, 1.54) is 24.3 Å². The van der Waals surface area contributed by atoms with Crippen LogP contribution in [0.4, 0.5) is 23.2 Å². The zero-order valence-corrected chi connectivity index (χ0v) is 11.8. The average Bonchev–Trinajstić information content (AvgIpc) is 2.36. The number of hydrogen-bond donors (Lipinski definition) is 1. The van der Waals surface area contributed by atoms with Gasteiger partial charge < -0.3 is 15.2 Å². The minimum atomic E-state index is -4.87. The van der Waals surface area contributed by atoms with Gasteiger partial charge in [0.25, 0.3) is 0 Å². The third-order valence-electron chi connectivity index (χ3n) is 2.35. The van der Waals surface area contributed by atoms with E-state index in [9.17, 15) is 17.6 Å². The van der Waals surface area contributed by atoms with Crippen molar-refractivity contribution in [3.05, 3.63) is 46.7 Å². The number of rotatable bonds is 3. The largest absolute Gasteiger partial charge is 0.573 e. The highest BCUT2D eigenvalue weighted by atomic mass is 79.9. The number of anilines is 1. The first-order valence-corrected chi connectivity index (χ1v) is 6.33. The predicted octanol–water partition coefficient (Wildman–Crippen LogP) is 4.86. The summed E-state index contributed by atoms with van der Waals surface area (Å²) in [4.78, 5) is 0. The van der Waals surface area contributed by atoms with Crippen LogP contribution in [0.1, 0.15) is 0 Å². The molecule has 21 heavy (non-hydrogen) atoms. The molecular formula is C13H8BrF4NO2. The molecule has 0 fully saturated rings. The fraction of sp³-hybridized carbons (Fsp3) is 0.0769. The smallest absolute Gasteiger partial charge is 0.451 e. The summed E-state index contributed by atoms with van der Waals surface area (Å²) in [6, 6.07) is 7.33. The van der Waals surface area contributed by atoms with Crippen LogP contribution in [0.5, 0.6) is 17.2 Å². The van der Waals surface area contributed by atoms with Crippen LogP contribution in [0.2, 0.25) is 0 Å². The van der Waals surface area contributed by atoms with Crippen molar-refractivity contribution in [2.24, 2.45) is 0 Å². The van der Waals surface area contributed by atoms with Crippen LogP contribution in [-0.4, -0.2) is 6.36 Å². The predicted molar refractivity (Wildman–Crippen MR) is 71.7 cm³/mol. The summed E-state index contributed by atoms with van der Waals surface area (Å²) in [6.45, 7) is 0. The minimum absolute atomic E-state index is 0.0603. The van der Waals surface area contributed by atoms with E-state index in [0.717, 1.165) is 12.1 Å². The van der Waals surface area contributed by atoms with Crippen LogP contribution in [0.25, 0.3) is 0 Å². The second-order valence-electron chi connectivity index (χ2n) is 3.90.